The van der Waals surface area contributed by atoms with Gasteiger partial charge in [-0.1, -0.05) is 12.1 Å². The Kier molecular flexibility index (Phi) is 4.36. The van der Waals surface area contributed by atoms with Crippen molar-refractivity contribution in [2.24, 2.45) is 0 Å². The number of aromatic nitrogens is 6. The van der Waals surface area contributed by atoms with E-state index in [4.69, 9.17) is 9.97 Å². The second-order valence-corrected chi connectivity index (χ2v) is 7.78. The van der Waals surface area contributed by atoms with Crippen LogP contribution in [0.5, 0.6) is 0 Å². The molecule has 0 bridgehead atoms. The van der Waals surface area contributed by atoms with Gasteiger partial charge in [0.15, 0.2) is 5.65 Å². The molecule has 9 nitrogen and oxygen atoms in total. The Balaban J connectivity index is 1.47. The Morgan fingerprint density at radius 1 is 1.25 bits per heavy atom. The van der Waals surface area contributed by atoms with Crippen LogP contribution in [0.4, 0.5) is 11.9 Å². The average molecular weight is 442 g/mol. The number of halogens is 1. The molecule has 1 aliphatic heterocycles. The summed E-state index contributed by atoms with van der Waals surface area (Å²) in [6.07, 6.45) is 1.74. The predicted octanol–water partition coefficient (Wildman–Crippen LogP) is 2.17. The van der Waals surface area contributed by atoms with E-state index >= 15 is 0 Å². The lowest BCUT2D eigenvalue weighted by atomic mass is 10.2. The molecule has 1 saturated heterocycles. The lowest BCUT2D eigenvalue weighted by Crippen LogP contribution is -2.49. The van der Waals surface area contributed by atoms with Gasteiger partial charge in [0.05, 0.1) is 28.2 Å². The zero-order chi connectivity index (χ0) is 19.1. The van der Waals surface area contributed by atoms with Crippen molar-refractivity contribution in [2.45, 2.75) is 19.5 Å². The van der Waals surface area contributed by atoms with Crippen LogP contribution < -0.4 is 15.5 Å². The molecule has 28 heavy (non-hydrogen) atoms. The summed E-state index contributed by atoms with van der Waals surface area (Å²) in [7, 11) is 0. The number of benzene rings is 1. The van der Waals surface area contributed by atoms with Gasteiger partial charge in [-0.3, -0.25) is 0 Å². The van der Waals surface area contributed by atoms with E-state index in [-0.39, 0.29) is 0 Å². The zero-order valence-corrected chi connectivity index (χ0v) is 16.9. The van der Waals surface area contributed by atoms with Crippen LogP contribution in [0.3, 0.4) is 0 Å². The number of anilines is 2. The van der Waals surface area contributed by atoms with Crippen molar-refractivity contribution >= 4 is 44.5 Å². The molecule has 0 unspecified atom stereocenters. The average Bonchev–Trinajstić information content (AvgIpc) is 3.29. The molecular formula is C18H20BrN9. The molecule has 0 aliphatic carbocycles. The number of imidazole rings is 1. The van der Waals surface area contributed by atoms with Crippen LogP contribution >= 0.6 is 15.9 Å². The fourth-order valence-corrected chi connectivity index (χ4v) is 3.81. The van der Waals surface area contributed by atoms with E-state index < -0.39 is 0 Å². The molecule has 0 saturated carbocycles. The third kappa shape index (κ3) is 3.18. The van der Waals surface area contributed by atoms with E-state index in [2.05, 4.69) is 53.5 Å². The van der Waals surface area contributed by atoms with Crippen molar-refractivity contribution in [2.75, 3.05) is 29.9 Å². The fraction of sp³-hybridized carbons (Fsp3) is 0.333. The summed E-state index contributed by atoms with van der Waals surface area (Å²) in [5.41, 5.74) is 2.71. The number of nitrogens with one attached hydrogen (secondary N) is 3. The monoisotopic (exact) mass is 441 g/mol. The van der Waals surface area contributed by atoms with Crippen molar-refractivity contribution < 1.29 is 0 Å². The van der Waals surface area contributed by atoms with E-state index in [0.29, 0.717) is 24.5 Å². The SMILES string of the molecule is C[C@H]1CN(c2nc(NCc3nc4ccccc4[nH]3)n3ncc(Br)c3n2)CCN1. The first kappa shape index (κ1) is 17.4. The van der Waals surface area contributed by atoms with Crippen LogP contribution in [0.2, 0.25) is 0 Å². The fourth-order valence-electron chi connectivity index (χ4n) is 3.46. The highest BCUT2D eigenvalue weighted by molar-refractivity contribution is 9.10. The molecule has 1 atom stereocenters. The molecule has 3 N–H and O–H groups in total. The highest BCUT2D eigenvalue weighted by Gasteiger charge is 2.21. The highest BCUT2D eigenvalue weighted by atomic mass is 79.9. The summed E-state index contributed by atoms with van der Waals surface area (Å²) in [6.45, 7) is 5.33. The molecule has 0 radical (unpaired) electrons. The first-order valence-corrected chi connectivity index (χ1v) is 10.0. The number of aromatic amines is 1. The minimum Gasteiger partial charge on any atom is -0.347 e. The molecule has 1 aliphatic rings. The minimum atomic E-state index is 0.397. The molecule has 4 heterocycles. The van der Waals surface area contributed by atoms with Gasteiger partial charge in [0, 0.05) is 25.7 Å². The number of hydrogen-bond donors (Lipinski definition) is 3. The first-order chi connectivity index (χ1) is 13.7. The van der Waals surface area contributed by atoms with Gasteiger partial charge in [0.25, 0.3) is 0 Å². The van der Waals surface area contributed by atoms with Crippen molar-refractivity contribution in [3.05, 3.63) is 40.8 Å². The van der Waals surface area contributed by atoms with Crippen LogP contribution in [0.25, 0.3) is 16.7 Å². The Morgan fingerprint density at radius 3 is 3.00 bits per heavy atom. The number of H-pyrrole nitrogens is 1. The maximum absolute atomic E-state index is 4.76. The van der Waals surface area contributed by atoms with E-state index in [1.165, 1.54) is 0 Å². The normalized spacial score (nSPS) is 17.5. The standard InChI is InChI=1S/C18H20BrN9/c1-11-10-27(7-6-20-11)18-25-16-12(19)8-22-28(16)17(26-18)21-9-15-23-13-4-2-3-5-14(13)24-15/h2-5,8,11,20H,6-7,9-10H2,1H3,(H,23,24)(H,21,25,26)/t11-/m0/s1. The number of rotatable bonds is 4. The van der Waals surface area contributed by atoms with Crippen LogP contribution in [0.15, 0.2) is 34.9 Å². The van der Waals surface area contributed by atoms with Crippen LogP contribution in [-0.2, 0) is 6.54 Å². The van der Waals surface area contributed by atoms with E-state index in [1.54, 1.807) is 10.7 Å². The van der Waals surface area contributed by atoms with Crippen molar-refractivity contribution in [1.29, 1.82) is 0 Å². The van der Waals surface area contributed by atoms with Gasteiger partial charge in [-0.15, -0.1) is 0 Å². The lowest BCUT2D eigenvalue weighted by Gasteiger charge is -2.32. The molecule has 1 aromatic carbocycles. The Hall–Kier alpha value is -2.72. The summed E-state index contributed by atoms with van der Waals surface area (Å²) in [6, 6.07) is 8.38. The van der Waals surface area contributed by atoms with Gasteiger partial charge >= 0.3 is 0 Å². The Labute approximate surface area is 169 Å². The predicted molar refractivity (Wildman–Crippen MR) is 112 cm³/mol. The molecule has 0 amide bonds. The second-order valence-electron chi connectivity index (χ2n) is 6.93. The van der Waals surface area contributed by atoms with Gasteiger partial charge in [0.2, 0.25) is 11.9 Å². The van der Waals surface area contributed by atoms with Crippen LogP contribution in [0, 0.1) is 0 Å². The molecule has 144 valence electrons. The maximum Gasteiger partial charge on any atom is 0.230 e. The number of nitrogens with zero attached hydrogens (tertiary/aromatic N) is 6. The molecular weight excluding hydrogens is 422 g/mol. The number of piperazine rings is 1. The van der Waals surface area contributed by atoms with Gasteiger partial charge in [-0.2, -0.15) is 19.6 Å². The summed E-state index contributed by atoms with van der Waals surface area (Å²) in [5.74, 6) is 2.18. The summed E-state index contributed by atoms with van der Waals surface area (Å²) in [4.78, 5) is 19.6. The number of hydrogen-bond acceptors (Lipinski definition) is 7. The summed E-state index contributed by atoms with van der Waals surface area (Å²) in [5, 5.41) is 11.2. The number of fused-ring (bicyclic) bond motifs is 2. The van der Waals surface area contributed by atoms with Gasteiger partial charge < -0.3 is 20.5 Å². The number of para-hydroxylation sites is 2. The van der Waals surface area contributed by atoms with Crippen molar-refractivity contribution in [1.82, 2.24) is 34.9 Å². The summed E-state index contributed by atoms with van der Waals surface area (Å²) < 4.78 is 2.55. The highest BCUT2D eigenvalue weighted by Crippen LogP contribution is 2.22. The third-order valence-electron chi connectivity index (χ3n) is 4.82. The molecule has 5 rings (SSSR count). The summed E-state index contributed by atoms with van der Waals surface area (Å²) >= 11 is 3.54. The van der Waals surface area contributed by atoms with Gasteiger partial charge in [0.1, 0.15) is 5.82 Å². The Morgan fingerprint density at radius 2 is 2.14 bits per heavy atom. The van der Waals surface area contributed by atoms with Gasteiger partial charge in [-0.05, 0) is 35.0 Å². The molecule has 10 heteroatoms. The minimum absolute atomic E-state index is 0.397. The largest absolute Gasteiger partial charge is 0.347 e. The molecule has 4 aromatic rings. The van der Waals surface area contributed by atoms with Crippen LogP contribution in [0.1, 0.15) is 12.7 Å². The first-order valence-electron chi connectivity index (χ1n) is 9.24. The molecule has 3 aromatic heterocycles. The van der Waals surface area contributed by atoms with Crippen molar-refractivity contribution in [3.8, 4) is 0 Å². The second kappa shape index (κ2) is 7.02. The topological polar surface area (TPSA) is 99.1 Å². The van der Waals surface area contributed by atoms with E-state index in [9.17, 15) is 0 Å². The zero-order valence-electron chi connectivity index (χ0n) is 15.4. The Bertz CT molecular complexity index is 1100. The van der Waals surface area contributed by atoms with Gasteiger partial charge in [-0.25, -0.2) is 4.98 Å². The molecule has 0 spiro atoms. The van der Waals surface area contributed by atoms with Crippen LogP contribution in [-0.4, -0.2) is 55.2 Å². The maximum atomic E-state index is 4.76. The lowest BCUT2D eigenvalue weighted by molar-refractivity contribution is 0.479. The molecule has 1 fully saturated rings. The quantitative estimate of drug-likeness (QED) is 0.446. The van der Waals surface area contributed by atoms with E-state index in [0.717, 1.165) is 46.6 Å². The smallest absolute Gasteiger partial charge is 0.230 e. The third-order valence-corrected chi connectivity index (χ3v) is 5.38. The van der Waals surface area contributed by atoms with E-state index in [1.807, 2.05) is 24.3 Å². The van der Waals surface area contributed by atoms with Crippen molar-refractivity contribution in [3.63, 3.8) is 0 Å².